The monoisotopic (exact) mass is 388 g/mol. The Balaban J connectivity index is 1.76. The van der Waals surface area contributed by atoms with Crippen LogP contribution in [0.25, 0.3) is 22.4 Å². The van der Waals surface area contributed by atoms with Crippen LogP contribution in [0.4, 0.5) is 5.69 Å². The lowest BCUT2D eigenvalue weighted by atomic mass is 9.97. The zero-order chi connectivity index (χ0) is 19.5. The molecule has 0 radical (unpaired) electrons. The smallest absolute Gasteiger partial charge is 0.100 e. The Morgan fingerprint density at radius 2 is 1.54 bits per heavy atom. The predicted octanol–water partition coefficient (Wildman–Crippen LogP) is 5.45. The molecule has 0 unspecified atom stereocenters. The first kappa shape index (κ1) is 18.3. The van der Waals surface area contributed by atoms with E-state index in [0.717, 1.165) is 34.5 Å². The Kier molecular flexibility index (Phi) is 5.13. The molecule has 0 spiro atoms. The number of aromatic amines is 1. The van der Waals surface area contributed by atoms with E-state index >= 15 is 0 Å². The quantitative estimate of drug-likeness (QED) is 0.494. The van der Waals surface area contributed by atoms with Crippen molar-refractivity contribution in [2.75, 3.05) is 19.0 Å². The van der Waals surface area contributed by atoms with Gasteiger partial charge in [0.05, 0.1) is 0 Å². The number of hydrogen-bond acceptors (Lipinski definition) is 3. The van der Waals surface area contributed by atoms with Crippen molar-refractivity contribution in [3.05, 3.63) is 89.3 Å². The molecule has 1 N–H and O–H groups in total. The Bertz CT molecular complexity index is 1050. The lowest BCUT2D eigenvalue weighted by molar-refractivity contribution is 0.998. The van der Waals surface area contributed by atoms with Gasteiger partial charge in [-0.25, -0.2) is 0 Å². The first-order chi connectivity index (χ1) is 13.6. The summed E-state index contributed by atoms with van der Waals surface area (Å²) in [5, 5.41) is 8.61. The average molecular weight is 389 g/mol. The maximum Gasteiger partial charge on any atom is 0.100 e. The van der Waals surface area contributed by atoms with Gasteiger partial charge in [-0.2, -0.15) is 5.10 Å². The summed E-state index contributed by atoms with van der Waals surface area (Å²) in [5.74, 6) is 0. The summed E-state index contributed by atoms with van der Waals surface area (Å²) in [7, 11) is 4.09. The number of pyridine rings is 1. The van der Waals surface area contributed by atoms with Crippen molar-refractivity contribution < 1.29 is 0 Å². The number of nitrogens with zero attached hydrogens (tertiary/aromatic N) is 3. The van der Waals surface area contributed by atoms with Crippen molar-refractivity contribution in [2.45, 2.75) is 6.42 Å². The fourth-order valence-electron chi connectivity index (χ4n) is 3.27. The average Bonchev–Trinajstić information content (AvgIpc) is 3.13. The maximum atomic E-state index is 6.06. The van der Waals surface area contributed by atoms with Gasteiger partial charge in [-0.3, -0.25) is 10.1 Å². The van der Waals surface area contributed by atoms with Gasteiger partial charge in [-0.1, -0.05) is 35.9 Å². The molecule has 0 aliphatic rings. The fraction of sp³-hybridized carbons (Fsp3) is 0.130. The van der Waals surface area contributed by atoms with Crippen molar-refractivity contribution in [2.24, 2.45) is 0 Å². The minimum atomic E-state index is 0.714. The number of rotatable bonds is 5. The van der Waals surface area contributed by atoms with E-state index in [4.69, 9.17) is 11.6 Å². The third-order valence-electron chi connectivity index (χ3n) is 4.76. The largest absolute Gasteiger partial charge is 0.378 e. The number of benzene rings is 2. The number of halogens is 1. The molecule has 140 valence electrons. The van der Waals surface area contributed by atoms with E-state index in [9.17, 15) is 0 Å². The molecule has 4 nitrogen and oxygen atoms in total. The van der Waals surface area contributed by atoms with E-state index in [1.54, 1.807) is 0 Å². The SMILES string of the molecule is CN(C)c1ccc(Cc2[nH]nc(-c3ccc(Cl)cc3)c2-c2ccncc2)cc1. The highest BCUT2D eigenvalue weighted by Crippen LogP contribution is 2.34. The summed E-state index contributed by atoms with van der Waals surface area (Å²) in [6.45, 7) is 0. The molecule has 0 bridgehead atoms. The van der Waals surface area contributed by atoms with Gasteiger partial charge in [0.1, 0.15) is 5.69 Å². The molecule has 0 saturated heterocycles. The van der Waals surface area contributed by atoms with Gasteiger partial charge in [0.15, 0.2) is 0 Å². The third kappa shape index (κ3) is 3.78. The summed E-state index contributed by atoms with van der Waals surface area (Å²) in [5.41, 5.74) is 7.63. The second-order valence-electron chi connectivity index (χ2n) is 6.91. The molecule has 2 aromatic heterocycles. The van der Waals surface area contributed by atoms with E-state index < -0.39 is 0 Å². The molecule has 4 rings (SSSR count). The zero-order valence-corrected chi connectivity index (χ0v) is 16.6. The Morgan fingerprint density at radius 1 is 0.857 bits per heavy atom. The second kappa shape index (κ2) is 7.87. The first-order valence-electron chi connectivity index (χ1n) is 9.11. The third-order valence-corrected chi connectivity index (χ3v) is 5.01. The Hall–Kier alpha value is -3.11. The molecule has 2 heterocycles. The molecule has 0 fully saturated rings. The zero-order valence-electron chi connectivity index (χ0n) is 15.9. The van der Waals surface area contributed by atoms with Crippen molar-refractivity contribution in [1.29, 1.82) is 0 Å². The molecule has 0 amide bonds. The van der Waals surface area contributed by atoms with Crippen LogP contribution in [0.5, 0.6) is 0 Å². The van der Waals surface area contributed by atoms with Gasteiger partial charge in [-0.15, -0.1) is 0 Å². The van der Waals surface area contributed by atoms with Gasteiger partial charge in [0, 0.05) is 60.4 Å². The van der Waals surface area contributed by atoms with Crippen LogP contribution >= 0.6 is 11.6 Å². The van der Waals surface area contributed by atoms with Crippen LogP contribution in [0.3, 0.4) is 0 Å². The summed E-state index contributed by atoms with van der Waals surface area (Å²) in [6, 6.07) is 20.4. The predicted molar refractivity (Wildman–Crippen MR) is 116 cm³/mol. The van der Waals surface area contributed by atoms with Crippen molar-refractivity contribution in [3.8, 4) is 22.4 Å². The van der Waals surface area contributed by atoms with Crippen LogP contribution in [-0.4, -0.2) is 29.3 Å². The molecule has 0 aliphatic heterocycles. The van der Waals surface area contributed by atoms with E-state index in [2.05, 4.69) is 44.3 Å². The number of H-pyrrole nitrogens is 1. The summed E-state index contributed by atoms with van der Waals surface area (Å²) in [6.07, 6.45) is 4.39. The van der Waals surface area contributed by atoms with Crippen LogP contribution in [0.1, 0.15) is 11.3 Å². The fourth-order valence-corrected chi connectivity index (χ4v) is 3.39. The van der Waals surface area contributed by atoms with E-state index in [1.807, 2.05) is 62.9 Å². The number of anilines is 1. The van der Waals surface area contributed by atoms with E-state index in [-0.39, 0.29) is 0 Å². The summed E-state index contributed by atoms with van der Waals surface area (Å²) >= 11 is 6.06. The van der Waals surface area contributed by atoms with Crippen LogP contribution in [0, 0.1) is 0 Å². The number of aromatic nitrogens is 3. The normalized spacial score (nSPS) is 10.8. The maximum absolute atomic E-state index is 6.06. The molecule has 2 aromatic carbocycles. The first-order valence-corrected chi connectivity index (χ1v) is 9.49. The van der Waals surface area contributed by atoms with Gasteiger partial charge in [0.2, 0.25) is 0 Å². The van der Waals surface area contributed by atoms with Crippen molar-refractivity contribution in [3.63, 3.8) is 0 Å². The van der Waals surface area contributed by atoms with Gasteiger partial charge >= 0.3 is 0 Å². The molecule has 0 saturated carbocycles. The number of nitrogens with one attached hydrogen (secondary N) is 1. The van der Waals surface area contributed by atoms with Gasteiger partial charge in [0.25, 0.3) is 0 Å². The molecule has 5 heteroatoms. The minimum Gasteiger partial charge on any atom is -0.378 e. The van der Waals surface area contributed by atoms with E-state index in [0.29, 0.717) is 5.02 Å². The van der Waals surface area contributed by atoms with Crippen LogP contribution in [0.15, 0.2) is 73.1 Å². The van der Waals surface area contributed by atoms with Crippen LogP contribution in [-0.2, 0) is 6.42 Å². The Morgan fingerprint density at radius 3 is 2.18 bits per heavy atom. The lowest BCUT2D eigenvalue weighted by Gasteiger charge is -2.13. The highest BCUT2D eigenvalue weighted by atomic mass is 35.5. The molecular formula is C23H21ClN4. The molecule has 0 atom stereocenters. The van der Waals surface area contributed by atoms with Crippen molar-refractivity contribution >= 4 is 17.3 Å². The molecule has 28 heavy (non-hydrogen) atoms. The number of hydrogen-bond donors (Lipinski definition) is 1. The summed E-state index contributed by atoms with van der Waals surface area (Å²) < 4.78 is 0. The van der Waals surface area contributed by atoms with Crippen molar-refractivity contribution in [1.82, 2.24) is 15.2 Å². The highest BCUT2D eigenvalue weighted by Gasteiger charge is 2.17. The standard InChI is InChI=1S/C23H21ClN4/c1-28(2)20-9-3-16(4-10-20)15-21-22(17-11-13-25-14-12-17)23(27-26-21)18-5-7-19(24)8-6-18/h3-14H,15H2,1-2H3,(H,26,27). The molecule has 4 aromatic rings. The summed E-state index contributed by atoms with van der Waals surface area (Å²) in [4.78, 5) is 6.25. The topological polar surface area (TPSA) is 44.8 Å². The van der Waals surface area contributed by atoms with Crippen LogP contribution in [0.2, 0.25) is 5.02 Å². The molecular weight excluding hydrogens is 368 g/mol. The molecule has 0 aliphatic carbocycles. The van der Waals surface area contributed by atoms with Gasteiger partial charge in [-0.05, 0) is 47.5 Å². The van der Waals surface area contributed by atoms with Gasteiger partial charge < -0.3 is 4.90 Å². The Labute approximate surface area is 169 Å². The van der Waals surface area contributed by atoms with Crippen LogP contribution < -0.4 is 4.90 Å². The minimum absolute atomic E-state index is 0.714. The highest BCUT2D eigenvalue weighted by molar-refractivity contribution is 6.30. The lowest BCUT2D eigenvalue weighted by Crippen LogP contribution is -2.08. The second-order valence-corrected chi connectivity index (χ2v) is 7.34. The van der Waals surface area contributed by atoms with E-state index in [1.165, 1.54) is 11.3 Å².